The van der Waals surface area contributed by atoms with Crippen LogP contribution in [0.3, 0.4) is 0 Å². The van der Waals surface area contributed by atoms with Crippen molar-refractivity contribution in [2.45, 2.75) is 31.4 Å². The van der Waals surface area contributed by atoms with Gasteiger partial charge in [-0.3, -0.25) is 0 Å². The number of thioether (sulfide) groups is 1. The second-order valence-corrected chi connectivity index (χ2v) is 7.48. The van der Waals surface area contributed by atoms with Crippen LogP contribution in [0, 0.1) is 0 Å². The summed E-state index contributed by atoms with van der Waals surface area (Å²) in [7, 11) is 0. The molecule has 4 rings (SSSR count). The van der Waals surface area contributed by atoms with E-state index in [0.717, 1.165) is 30.9 Å². The summed E-state index contributed by atoms with van der Waals surface area (Å²) in [6, 6.07) is 12.3. The summed E-state index contributed by atoms with van der Waals surface area (Å²) < 4.78 is 2.16. The quantitative estimate of drug-likeness (QED) is 0.614. The number of aromatic nitrogens is 4. The molecule has 2 aromatic heterocycles. The van der Waals surface area contributed by atoms with Gasteiger partial charge in [0.1, 0.15) is 0 Å². The van der Waals surface area contributed by atoms with Crippen LogP contribution in [0.5, 0.6) is 0 Å². The van der Waals surface area contributed by atoms with Crippen LogP contribution < -0.4 is 5.32 Å². The summed E-state index contributed by atoms with van der Waals surface area (Å²) >= 11 is 1.96. The summed E-state index contributed by atoms with van der Waals surface area (Å²) in [5, 5.41) is 8.18. The van der Waals surface area contributed by atoms with Gasteiger partial charge in [-0.05, 0) is 55.2 Å². The summed E-state index contributed by atoms with van der Waals surface area (Å²) in [5.41, 5.74) is 5.34. The molecule has 0 spiro atoms. The zero-order valence-electron chi connectivity index (χ0n) is 14.8. The van der Waals surface area contributed by atoms with Gasteiger partial charge in [-0.15, -0.1) is 0 Å². The normalized spacial score (nSPS) is 12.9. The smallest absolute Gasteiger partial charge is 0.222 e. The van der Waals surface area contributed by atoms with Crippen LogP contribution in [-0.2, 0) is 18.6 Å². The fraction of sp³-hybridized carbons (Fsp3) is 0.350. The second-order valence-electron chi connectivity index (χ2n) is 6.38. The molecule has 3 aromatic rings. The Kier molecular flexibility index (Phi) is 5.50. The van der Waals surface area contributed by atoms with E-state index in [9.17, 15) is 0 Å². The first kappa shape index (κ1) is 17.1. The molecule has 0 amide bonds. The molecule has 0 bridgehead atoms. The molecule has 6 heteroatoms. The first-order valence-corrected chi connectivity index (χ1v) is 10.3. The Hall–Kier alpha value is -2.34. The van der Waals surface area contributed by atoms with Gasteiger partial charge in [-0.1, -0.05) is 18.2 Å². The highest BCUT2D eigenvalue weighted by Gasteiger charge is 2.22. The predicted octanol–water partition coefficient (Wildman–Crippen LogP) is 3.89. The number of nitrogens with zero attached hydrogens (tertiary/aromatic N) is 4. The molecule has 1 aromatic carbocycles. The van der Waals surface area contributed by atoms with Crippen LogP contribution in [0.2, 0.25) is 0 Å². The lowest BCUT2D eigenvalue weighted by atomic mass is 10.2. The summed E-state index contributed by atoms with van der Waals surface area (Å²) in [5.74, 6) is 2.80. The highest BCUT2D eigenvalue weighted by atomic mass is 32.2. The molecular formula is C20H23N5S. The number of para-hydroxylation sites is 1. The molecule has 26 heavy (non-hydrogen) atoms. The first-order chi connectivity index (χ1) is 12.9. The summed E-state index contributed by atoms with van der Waals surface area (Å²) in [6.45, 7) is 0.896. The Bertz CT molecular complexity index is 832. The van der Waals surface area contributed by atoms with Crippen molar-refractivity contribution in [1.29, 1.82) is 0 Å². The van der Waals surface area contributed by atoms with E-state index in [1.165, 1.54) is 35.5 Å². The topological polar surface area (TPSA) is 55.6 Å². The van der Waals surface area contributed by atoms with Gasteiger partial charge in [0, 0.05) is 30.4 Å². The van der Waals surface area contributed by atoms with Gasteiger partial charge in [0.15, 0.2) is 0 Å². The van der Waals surface area contributed by atoms with E-state index in [4.69, 9.17) is 5.10 Å². The first-order valence-electron chi connectivity index (χ1n) is 9.15. The van der Waals surface area contributed by atoms with Crippen molar-refractivity contribution in [2.24, 2.45) is 0 Å². The van der Waals surface area contributed by atoms with Crippen LogP contribution in [0.15, 0.2) is 48.8 Å². The molecule has 2 heterocycles. The highest BCUT2D eigenvalue weighted by Crippen LogP contribution is 2.29. The fourth-order valence-corrected chi connectivity index (χ4v) is 4.26. The fourth-order valence-electron chi connectivity index (χ4n) is 3.35. The number of anilines is 1. The predicted molar refractivity (Wildman–Crippen MR) is 107 cm³/mol. The zero-order valence-corrected chi connectivity index (χ0v) is 15.6. The molecule has 1 aliphatic rings. The standard InChI is InChI=1S/C20H23N5S/c1-2-7-16(8-3-1)25-19-10-4-9-17(19)18(24-25)15-26-14-6-13-23-20-21-11-5-12-22-20/h1-3,5,7-8,11-12H,4,6,9-10,13-15H2,(H,21,22,23). The molecule has 1 aliphatic carbocycles. The van der Waals surface area contributed by atoms with E-state index in [1.54, 1.807) is 12.4 Å². The number of hydrogen-bond donors (Lipinski definition) is 1. The number of fused-ring (bicyclic) bond motifs is 1. The van der Waals surface area contributed by atoms with Crippen LogP contribution in [-0.4, -0.2) is 32.0 Å². The maximum absolute atomic E-state index is 4.93. The number of hydrogen-bond acceptors (Lipinski definition) is 5. The van der Waals surface area contributed by atoms with Crippen molar-refractivity contribution in [3.8, 4) is 5.69 Å². The van der Waals surface area contributed by atoms with E-state index >= 15 is 0 Å². The Balaban J connectivity index is 1.30. The third kappa shape index (κ3) is 3.90. The van der Waals surface area contributed by atoms with Crippen molar-refractivity contribution in [3.63, 3.8) is 0 Å². The van der Waals surface area contributed by atoms with E-state index in [2.05, 4.69) is 50.3 Å². The zero-order chi connectivity index (χ0) is 17.6. The number of benzene rings is 1. The van der Waals surface area contributed by atoms with Gasteiger partial charge in [0.2, 0.25) is 5.95 Å². The molecule has 0 radical (unpaired) electrons. The van der Waals surface area contributed by atoms with Crippen LogP contribution in [0.1, 0.15) is 29.8 Å². The van der Waals surface area contributed by atoms with E-state index < -0.39 is 0 Å². The lowest BCUT2D eigenvalue weighted by Gasteiger charge is -2.05. The van der Waals surface area contributed by atoms with E-state index in [0.29, 0.717) is 5.95 Å². The van der Waals surface area contributed by atoms with E-state index in [1.807, 2.05) is 17.8 Å². The highest BCUT2D eigenvalue weighted by molar-refractivity contribution is 7.98. The van der Waals surface area contributed by atoms with Crippen LogP contribution in [0.4, 0.5) is 5.95 Å². The van der Waals surface area contributed by atoms with Crippen molar-refractivity contribution in [3.05, 3.63) is 65.7 Å². The third-order valence-electron chi connectivity index (χ3n) is 4.57. The van der Waals surface area contributed by atoms with Crippen molar-refractivity contribution >= 4 is 17.7 Å². The Morgan fingerprint density at radius 3 is 2.73 bits per heavy atom. The molecule has 0 atom stereocenters. The van der Waals surface area contributed by atoms with Gasteiger partial charge in [0.05, 0.1) is 11.4 Å². The molecule has 134 valence electrons. The third-order valence-corrected chi connectivity index (χ3v) is 5.62. The van der Waals surface area contributed by atoms with Crippen LogP contribution in [0.25, 0.3) is 5.69 Å². The molecule has 0 aliphatic heterocycles. The van der Waals surface area contributed by atoms with Crippen molar-refractivity contribution < 1.29 is 0 Å². The largest absolute Gasteiger partial charge is 0.354 e. The molecule has 0 saturated carbocycles. The number of nitrogens with one attached hydrogen (secondary N) is 1. The Morgan fingerprint density at radius 2 is 1.88 bits per heavy atom. The van der Waals surface area contributed by atoms with Crippen LogP contribution >= 0.6 is 11.8 Å². The van der Waals surface area contributed by atoms with Gasteiger partial charge in [0.25, 0.3) is 0 Å². The maximum Gasteiger partial charge on any atom is 0.222 e. The number of rotatable bonds is 8. The minimum absolute atomic E-state index is 0.705. The van der Waals surface area contributed by atoms with Gasteiger partial charge in [-0.25, -0.2) is 14.6 Å². The minimum atomic E-state index is 0.705. The van der Waals surface area contributed by atoms with Gasteiger partial charge >= 0.3 is 0 Å². The lowest BCUT2D eigenvalue weighted by Crippen LogP contribution is -2.05. The average molecular weight is 366 g/mol. The molecule has 0 unspecified atom stereocenters. The monoisotopic (exact) mass is 365 g/mol. The minimum Gasteiger partial charge on any atom is -0.354 e. The van der Waals surface area contributed by atoms with Gasteiger partial charge in [-0.2, -0.15) is 16.9 Å². The molecule has 1 N–H and O–H groups in total. The Labute approximate surface area is 158 Å². The van der Waals surface area contributed by atoms with Crippen molar-refractivity contribution in [1.82, 2.24) is 19.7 Å². The summed E-state index contributed by atoms with van der Waals surface area (Å²) in [6.07, 6.45) is 8.17. The molecule has 0 fully saturated rings. The molecule has 0 saturated heterocycles. The van der Waals surface area contributed by atoms with Crippen molar-refractivity contribution in [2.75, 3.05) is 17.6 Å². The second kappa shape index (κ2) is 8.36. The average Bonchev–Trinajstić information content (AvgIpc) is 3.29. The maximum atomic E-state index is 4.93. The molecular weight excluding hydrogens is 342 g/mol. The SMILES string of the molecule is c1ccc(-n2nc(CSCCCNc3ncccn3)c3c2CCC3)cc1. The van der Waals surface area contributed by atoms with E-state index in [-0.39, 0.29) is 0 Å². The molecule has 5 nitrogen and oxygen atoms in total. The van der Waals surface area contributed by atoms with Gasteiger partial charge < -0.3 is 5.32 Å². The summed E-state index contributed by atoms with van der Waals surface area (Å²) in [4.78, 5) is 8.35. The lowest BCUT2D eigenvalue weighted by molar-refractivity contribution is 0.771. The Morgan fingerprint density at radius 1 is 1.04 bits per heavy atom.